The standard InChI is InChI=1S/C27H37N5O5S/c1-16-22(38-15-30-16)18-7-5-17(6-8-18)12-29-25(35)21-11-19(33)13-32(21)26(36)23(27(2,3)4)31-24(34)20-14-37-10-9-28-20/h5-8,15,19-21,23,28,33H,9-14H2,1-4H3,(H,29,35)(H,31,34)/t19-,20?,21+,23?/m1/s1. The first-order valence-corrected chi connectivity index (χ1v) is 13.8. The molecule has 1 aromatic carbocycles. The molecule has 10 nitrogen and oxygen atoms in total. The molecule has 2 aromatic rings. The van der Waals surface area contributed by atoms with Crippen molar-refractivity contribution in [2.75, 3.05) is 26.3 Å². The number of amides is 3. The van der Waals surface area contributed by atoms with E-state index in [4.69, 9.17) is 4.74 Å². The van der Waals surface area contributed by atoms with Gasteiger partial charge in [0.15, 0.2) is 0 Å². The van der Waals surface area contributed by atoms with E-state index in [1.54, 1.807) is 11.3 Å². The summed E-state index contributed by atoms with van der Waals surface area (Å²) >= 11 is 1.58. The predicted octanol–water partition coefficient (Wildman–Crippen LogP) is 1.22. The number of thiazole rings is 1. The van der Waals surface area contributed by atoms with Crippen LogP contribution >= 0.6 is 11.3 Å². The Morgan fingerprint density at radius 1 is 1.24 bits per heavy atom. The Kier molecular flexibility index (Phi) is 8.81. The van der Waals surface area contributed by atoms with Gasteiger partial charge in [-0.25, -0.2) is 4.98 Å². The number of morpholine rings is 1. The summed E-state index contributed by atoms with van der Waals surface area (Å²) in [6, 6.07) is 5.66. The van der Waals surface area contributed by atoms with Crippen molar-refractivity contribution < 1.29 is 24.2 Å². The van der Waals surface area contributed by atoms with Gasteiger partial charge in [-0.2, -0.15) is 0 Å². The Bertz CT molecular complexity index is 1140. The van der Waals surface area contributed by atoms with Gasteiger partial charge < -0.3 is 30.7 Å². The number of carbonyl (C=O) groups is 3. The molecule has 2 fully saturated rings. The topological polar surface area (TPSA) is 133 Å². The number of benzene rings is 1. The minimum absolute atomic E-state index is 0.0348. The van der Waals surface area contributed by atoms with E-state index < -0.39 is 29.6 Å². The molecule has 2 aliphatic rings. The zero-order valence-electron chi connectivity index (χ0n) is 22.3. The number of aliphatic hydroxyl groups is 1. The summed E-state index contributed by atoms with van der Waals surface area (Å²) < 4.78 is 5.38. The third kappa shape index (κ3) is 6.58. The lowest BCUT2D eigenvalue weighted by Gasteiger charge is -2.36. The first kappa shape index (κ1) is 28.2. The van der Waals surface area contributed by atoms with E-state index in [2.05, 4.69) is 20.9 Å². The van der Waals surface area contributed by atoms with Gasteiger partial charge in [0, 0.05) is 26.1 Å². The maximum atomic E-state index is 13.7. The maximum absolute atomic E-state index is 13.7. The average molecular weight is 544 g/mol. The summed E-state index contributed by atoms with van der Waals surface area (Å²) in [7, 11) is 0. The smallest absolute Gasteiger partial charge is 0.246 e. The number of carbonyl (C=O) groups excluding carboxylic acids is 3. The lowest BCUT2D eigenvalue weighted by atomic mass is 9.85. The number of aromatic nitrogens is 1. The van der Waals surface area contributed by atoms with Crippen molar-refractivity contribution in [3.05, 3.63) is 41.0 Å². The molecular weight excluding hydrogens is 506 g/mol. The summed E-state index contributed by atoms with van der Waals surface area (Å²) in [5.74, 6) is -1.04. The molecule has 0 radical (unpaired) electrons. The Labute approximate surface area is 227 Å². The highest BCUT2D eigenvalue weighted by Gasteiger charge is 2.45. The first-order chi connectivity index (χ1) is 18.0. The molecule has 3 heterocycles. The average Bonchev–Trinajstić information content (AvgIpc) is 3.50. The molecule has 4 atom stereocenters. The molecule has 4 N–H and O–H groups in total. The van der Waals surface area contributed by atoms with Crippen LogP contribution in [0.2, 0.25) is 0 Å². The minimum Gasteiger partial charge on any atom is -0.391 e. The number of rotatable bonds is 7. The van der Waals surface area contributed by atoms with Crippen LogP contribution < -0.4 is 16.0 Å². The summed E-state index contributed by atoms with van der Waals surface area (Å²) in [5.41, 5.74) is 4.17. The molecule has 11 heteroatoms. The van der Waals surface area contributed by atoms with Gasteiger partial charge in [-0.05, 0) is 23.5 Å². The van der Waals surface area contributed by atoms with Crippen LogP contribution in [0.1, 0.15) is 38.4 Å². The quantitative estimate of drug-likeness (QED) is 0.413. The van der Waals surface area contributed by atoms with Gasteiger partial charge in [-0.3, -0.25) is 14.4 Å². The summed E-state index contributed by atoms with van der Waals surface area (Å²) in [6.07, 6.45) is -0.675. The van der Waals surface area contributed by atoms with Crippen LogP contribution in [0.3, 0.4) is 0 Å². The second kappa shape index (κ2) is 11.9. The Morgan fingerprint density at radius 3 is 2.58 bits per heavy atom. The highest BCUT2D eigenvalue weighted by atomic mass is 32.1. The number of aryl methyl sites for hydroxylation is 1. The molecule has 0 spiro atoms. The molecule has 38 heavy (non-hydrogen) atoms. The van der Waals surface area contributed by atoms with E-state index in [0.717, 1.165) is 21.7 Å². The molecule has 206 valence electrons. The van der Waals surface area contributed by atoms with E-state index in [9.17, 15) is 19.5 Å². The van der Waals surface area contributed by atoms with Crippen molar-refractivity contribution in [2.45, 2.75) is 64.9 Å². The first-order valence-electron chi connectivity index (χ1n) is 12.9. The number of β-amino-alcohol motifs (C(OH)–C–C–N with tert-alkyl or cyclic N) is 1. The molecule has 3 amide bonds. The van der Waals surface area contributed by atoms with E-state index in [0.29, 0.717) is 19.7 Å². The lowest BCUT2D eigenvalue weighted by molar-refractivity contribution is -0.144. The van der Waals surface area contributed by atoms with Crippen molar-refractivity contribution in [3.8, 4) is 10.4 Å². The van der Waals surface area contributed by atoms with Crippen LogP contribution in [0.5, 0.6) is 0 Å². The number of nitrogens with zero attached hydrogens (tertiary/aromatic N) is 2. The van der Waals surface area contributed by atoms with E-state index in [-0.39, 0.29) is 37.3 Å². The molecule has 2 aliphatic heterocycles. The number of hydrogen-bond acceptors (Lipinski definition) is 8. The number of likely N-dealkylation sites (tertiary alicyclic amines) is 1. The number of hydrogen-bond donors (Lipinski definition) is 4. The lowest BCUT2D eigenvalue weighted by Crippen LogP contribution is -2.61. The van der Waals surface area contributed by atoms with Crippen LogP contribution in [0.25, 0.3) is 10.4 Å². The third-order valence-electron chi connectivity index (χ3n) is 6.93. The van der Waals surface area contributed by atoms with Gasteiger partial charge in [0.25, 0.3) is 0 Å². The van der Waals surface area contributed by atoms with Crippen LogP contribution in [0.4, 0.5) is 0 Å². The second-order valence-corrected chi connectivity index (χ2v) is 11.8. The predicted molar refractivity (Wildman–Crippen MR) is 144 cm³/mol. The summed E-state index contributed by atoms with van der Waals surface area (Å²) in [4.78, 5) is 46.5. The maximum Gasteiger partial charge on any atom is 0.246 e. The normalized spacial score (nSPS) is 22.7. The van der Waals surface area contributed by atoms with Crippen molar-refractivity contribution in [1.29, 1.82) is 0 Å². The van der Waals surface area contributed by atoms with E-state index in [1.807, 2.05) is 57.5 Å². The summed E-state index contributed by atoms with van der Waals surface area (Å²) in [5, 5.41) is 19.3. The largest absolute Gasteiger partial charge is 0.391 e. The van der Waals surface area contributed by atoms with Gasteiger partial charge in [-0.1, -0.05) is 45.0 Å². The minimum atomic E-state index is -0.873. The SMILES string of the molecule is Cc1ncsc1-c1ccc(CNC(=O)[C@@H]2C[C@@H](O)CN2C(=O)C(NC(=O)C2COCCN2)C(C)(C)C)cc1. The molecule has 0 bridgehead atoms. The molecule has 4 rings (SSSR count). The van der Waals surface area contributed by atoms with Gasteiger partial charge in [0.1, 0.15) is 18.1 Å². The van der Waals surface area contributed by atoms with Gasteiger partial charge in [-0.15, -0.1) is 11.3 Å². The van der Waals surface area contributed by atoms with E-state index in [1.165, 1.54) is 4.90 Å². The molecule has 2 saturated heterocycles. The van der Waals surface area contributed by atoms with Crippen LogP contribution in [0.15, 0.2) is 29.8 Å². The fraction of sp³-hybridized carbons (Fsp3) is 0.556. The van der Waals surface area contributed by atoms with Crippen molar-refractivity contribution >= 4 is 29.1 Å². The highest BCUT2D eigenvalue weighted by molar-refractivity contribution is 7.13. The van der Waals surface area contributed by atoms with Crippen LogP contribution in [0, 0.1) is 12.3 Å². The number of nitrogens with one attached hydrogen (secondary N) is 3. The Morgan fingerprint density at radius 2 is 1.97 bits per heavy atom. The van der Waals surface area contributed by atoms with Gasteiger partial charge in [0.05, 0.1) is 35.4 Å². The molecule has 0 aliphatic carbocycles. The number of aliphatic hydroxyl groups excluding tert-OH is 1. The number of ether oxygens (including phenoxy) is 1. The van der Waals surface area contributed by atoms with Crippen molar-refractivity contribution in [1.82, 2.24) is 25.8 Å². The monoisotopic (exact) mass is 543 g/mol. The molecule has 0 saturated carbocycles. The third-order valence-corrected chi connectivity index (χ3v) is 7.91. The molecular formula is C27H37N5O5S. The highest BCUT2D eigenvalue weighted by Crippen LogP contribution is 2.28. The summed E-state index contributed by atoms with van der Waals surface area (Å²) in [6.45, 7) is 9.20. The van der Waals surface area contributed by atoms with Gasteiger partial charge in [0.2, 0.25) is 17.7 Å². The van der Waals surface area contributed by atoms with Crippen LogP contribution in [-0.2, 0) is 25.7 Å². The fourth-order valence-corrected chi connectivity index (χ4v) is 5.57. The molecule has 1 aromatic heterocycles. The van der Waals surface area contributed by atoms with Crippen molar-refractivity contribution in [2.24, 2.45) is 5.41 Å². The van der Waals surface area contributed by atoms with Gasteiger partial charge >= 0.3 is 0 Å². The Hall–Kier alpha value is -2.86. The zero-order chi connectivity index (χ0) is 27.4. The van der Waals surface area contributed by atoms with Crippen LogP contribution in [-0.4, -0.2) is 83.2 Å². The van der Waals surface area contributed by atoms with E-state index >= 15 is 0 Å². The molecule has 2 unspecified atom stereocenters. The second-order valence-electron chi connectivity index (χ2n) is 11.0. The van der Waals surface area contributed by atoms with Crippen molar-refractivity contribution in [3.63, 3.8) is 0 Å². The fourth-order valence-electron chi connectivity index (χ4n) is 4.76. The zero-order valence-corrected chi connectivity index (χ0v) is 23.1. The Balaban J connectivity index is 1.41.